The molecule has 0 amide bonds. The van der Waals surface area contributed by atoms with Crippen LogP contribution in [0.5, 0.6) is 11.5 Å². The van der Waals surface area contributed by atoms with Gasteiger partial charge in [-0.1, -0.05) is 45.7 Å². The minimum absolute atomic E-state index is 0.229. The van der Waals surface area contributed by atoms with Gasteiger partial charge in [0.2, 0.25) is 0 Å². The minimum atomic E-state index is -3.53. The summed E-state index contributed by atoms with van der Waals surface area (Å²) in [6, 6.07) is 3.77. The molecule has 4 heteroatoms. The van der Waals surface area contributed by atoms with Crippen molar-refractivity contribution in [3.63, 3.8) is 0 Å². The van der Waals surface area contributed by atoms with Crippen molar-refractivity contribution in [3.05, 3.63) is 23.3 Å². The van der Waals surface area contributed by atoms with Crippen LogP contribution < -0.4 is 9.47 Å². The largest absolute Gasteiger partial charge is 0.586 e. The number of benzene rings is 1. The predicted octanol–water partition coefficient (Wildman–Crippen LogP) is 4.55. The highest BCUT2D eigenvalue weighted by molar-refractivity contribution is 5.54. The molecule has 1 atom stereocenters. The molecule has 0 aliphatic carbocycles. The van der Waals surface area contributed by atoms with E-state index in [-0.39, 0.29) is 11.5 Å². The summed E-state index contributed by atoms with van der Waals surface area (Å²) >= 11 is 0. The van der Waals surface area contributed by atoms with E-state index < -0.39 is 6.29 Å². The zero-order chi connectivity index (χ0) is 14.0. The van der Waals surface area contributed by atoms with Gasteiger partial charge in [0.25, 0.3) is 0 Å². The third kappa shape index (κ3) is 2.99. The standard InChI is InChI=1S/C15H20F2O2/c1-4-6-11-7-8-12(9-10(3)5-2)14-13(11)18-15(16,17)19-14/h7-8,10H,4-6,9H2,1-3H3. The summed E-state index contributed by atoms with van der Waals surface area (Å²) < 4.78 is 36.0. The van der Waals surface area contributed by atoms with E-state index in [4.69, 9.17) is 4.74 Å². The van der Waals surface area contributed by atoms with Crippen molar-refractivity contribution < 1.29 is 18.3 Å². The van der Waals surface area contributed by atoms with Gasteiger partial charge in [0.1, 0.15) is 0 Å². The summed E-state index contributed by atoms with van der Waals surface area (Å²) in [5.74, 6) is 0.892. The second kappa shape index (κ2) is 5.35. The van der Waals surface area contributed by atoms with Gasteiger partial charge in [-0.3, -0.25) is 0 Å². The van der Waals surface area contributed by atoms with Crippen LogP contribution in [0, 0.1) is 5.92 Å². The third-order valence-corrected chi connectivity index (χ3v) is 3.50. The highest BCUT2D eigenvalue weighted by Gasteiger charge is 2.45. The first kappa shape index (κ1) is 14.1. The molecule has 1 aliphatic heterocycles. The van der Waals surface area contributed by atoms with E-state index in [0.29, 0.717) is 12.3 Å². The summed E-state index contributed by atoms with van der Waals surface area (Å²) in [4.78, 5) is 0. The Morgan fingerprint density at radius 2 is 1.68 bits per heavy atom. The van der Waals surface area contributed by atoms with Crippen molar-refractivity contribution in [3.8, 4) is 11.5 Å². The molecule has 2 rings (SSSR count). The van der Waals surface area contributed by atoms with Crippen LogP contribution >= 0.6 is 0 Å². The molecule has 0 spiro atoms. The number of alkyl halides is 2. The number of hydrogen-bond acceptors (Lipinski definition) is 2. The zero-order valence-electron chi connectivity index (χ0n) is 11.6. The van der Waals surface area contributed by atoms with Crippen molar-refractivity contribution in [2.45, 2.75) is 52.7 Å². The summed E-state index contributed by atoms with van der Waals surface area (Å²) in [5, 5.41) is 0. The number of hydrogen-bond donors (Lipinski definition) is 0. The average molecular weight is 270 g/mol. The van der Waals surface area contributed by atoms with Crippen molar-refractivity contribution in [2.24, 2.45) is 5.92 Å². The molecule has 106 valence electrons. The Balaban J connectivity index is 2.36. The Hall–Kier alpha value is -1.32. The van der Waals surface area contributed by atoms with Gasteiger partial charge in [0, 0.05) is 0 Å². The first-order valence-corrected chi connectivity index (χ1v) is 6.87. The van der Waals surface area contributed by atoms with E-state index in [1.54, 1.807) is 0 Å². The van der Waals surface area contributed by atoms with Gasteiger partial charge in [-0.2, -0.15) is 0 Å². The van der Waals surface area contributed by atoms with Crippen LogP contribution in [0.4, 0.5) is 8.78 Å². The molecule has 1 aromatic carbocycles. The molecule has 1 heterocycles. The quantitative estimate of drug-likeness (QED) is 0.781. The predicted molar refractivity (Wildman–Crippen MR) is 69.8 cm³/mol. The van der Waals surface area contributed by atoms with E-state index in [9.17, 15) is 8.78 Å². The fourth-order valence-corrected chi connectivity index (χ4v) is 2.27. The Kier molecular flexibility index (Phi) is 3.97. The van der Waals surface area contributed by atoms with Gasteiger partial charge in [-0.05, 0) is 29.9 Å². The third-order valence-electron chi connectivity index (χ3n) is 3.50. The highest BCUT2D eigenvalue weighted by Crippen LogP contribution is 2.46. The van der Waals surface area contributed by atoms with E-state index >= 15 is 0 Å². The Morgan fingerprint density at radius 3 is 2.26 bits per heavy atom. The number of rotatable bonds is 5. The molecule has 1 unspecified atom stereocenters. The Labute approximate surface area is 112 Å². The second-order valence-electron chi connectivity index (χ2n) is 5.18. The van der Waals surface area contributed by atoms with Crippen molar-refractivity contribution in [1.29, 1.82) is 0 Å². The fourth-order valence-electron chi connectivity index (χ4n) is 2.27. The fraction of sp³-hybridized carbons (Fsp3) is 0.600. The monoisotopic (exact) mass is 270 g/mol. The first-order valence-electron chi connectivity index (χ1n) is 6.87. The highest BCUT2D eigenvalue weighted by atomic mass is 19.3. The summed E-state index contributed by atoms with van der Waals surface area (Å²) in [6.45, 7) is 6.19. The van der Waals surface area contributed by atoms with Crippen LogP contribution in [-0.4, -0.2) is 6.29 Å². The molecular formula is C15H20F2O2. The molecule has 0 aromatic heterocycles. The molecule has 0 saturated carbocycles. The van der Waals surface area contributed by atoms with Crippen molar-refractivity contribution in [2.75, 3.05) is 0 Å². The minimum Gasteiger partial charge on any atom is -0.395 e. The summed E-state index contributed by atoms with van der Waals surface area (Å²) in [7, 11) is 0. The van der Waals surface area contributed by atoms with Gasteiger partial charge in [-0.25, -0.2) is 0 Å². The van der Waals surface area contributed by atoms with E-state index in [1.807, 2.05) is 19.1 Å². The van der Waals surface area contributed by atoms with Crippen LogP contribution in [0.2, 0.25) is 0 Å². The normalized spacial score (nSPS) is 17.5. The number of aryl methyl sites for hydroxylation is 1. The van der Waals surface area contributed by atoms with E-state index in [0.717, 1.165) is 30.4 Å². The van der Waals surface area contributed by atoms with Crippen molar-refractivity contribution in [1.82, 2.24) is 0 Å². The topological polar surface area (TPSA) is 18.5 Å². The second-order valence-corrected chi connectivity index (χ2v) is 5.18. The molecule has 0 fully saturated rings. The lowest BCUT2D eigenvalue weighted by molar-refractivity contribution is -0.287. The number of halogens is 2. The first-order chi connectivity index (χ1) is 8.96. The molecule has 19 heavy (non-hydrogen) atoms. The number of fused-ring (bicyclic) bond motifs is 1. The van der Waals surface area contributed by atoms with Gasteiger partial charge in [0.05, 0.1) is 0 Å². The maximum absolute atomic E-state index is 13.3. The smallest absolute Gasteiger partial charge is 0.395 e. The maximum atomic E-state index is 13.3. The lowest BCUT2D eigenvalue weighted by atomic mass is 9.96. The lowest BCUT2D eigenvalue weighted by Gasteiger charge is -2.12. The van der Waals surface area contributed by atoms with Crippen LogP contribution in [0.3, 0.4) is 0 Å². The SMILES string of the molecule is CCCc1ccc(CC(C)CC)c2c1OC(F)(F)O2. The molecule has 1 aliphatic rings. The molecular weight excluding hydrogens is 250 g/mol. The Bertz CT molecular complexity index is 458. The number of ether oxygens (including phenoxy) is 2. The van der Waals surface area contributed by atoms with Gasteiger partial charge in [-0.15, -0.1) is 8.78 Å². The molecule has 2 nitrogen and oxygen atoms in total. The molecule has 0 bridgehead atoms. The zero-order valence-corrected chi connectivity index (χ0v) is 11.6. The van der Waals surface area contributed by atoms with E-state index in [1.165, 1.54) is 0 Å². The van der Waals surface area contributed by atoms with E-state index in [2.05, 4.69) is 18.6 Å². The molecule has 0 radical (unpaired) electrons. The van der Waals surface area contributed by atoms with Gasteiger partial charge >= 0.3 is 6.29 Å². The van der Waals surface area contributed by atoms with Crippen LogP contribution in [0.1, 0.15) is 44.7 Å². The van der Waals surface area contributed by atoms with Crippen LogP contribution in [0.15, 0.2) is 12.1 Å². The van der Waals surface area contributed by atoms with Crippen molar-refractivity contribution >= 4 is 0 Å². The van der Waals surface area contributed by atoms with Crippen LogP contribution in [-0.2, 0) is 12.8 Å². The summed E-state index contributed by atoms with van der Waals surface area (Å²) in [6.07, 6.45) is -0.207. The average Bonchev–Trinajstić information content (AvgIpc) is 2.68. The molecule has 0 saturated heterocycles. The van der Waals surface area contributed by atoms with Crippen LogP contribution in [0.25, 0.3) is 0 Å². The van der Waals surface area contributed by atoms with Gasteiger partial charge in [0.15, 0.2) is 11.5 Å². The molecule has 1 aromatic rings. The summed E-state index contributed by atoms with van der Waals surface area (Å²) in [5.41, 5.74) is 1.60. The van der Waals surface area contributed by atoms with Gasteiger partial charge < -0.3 is 9.47 Å². The Morgan fingerprint density at radius 1 is 1.11 bits per heavy atom. The molecule has 0 N–H and O–H groups in total. The maximum Gasteiger partial charge on any atom is 0.586 e. The lowest BCUT2D eigenvalue weighted by Crippen LogP contribution is -2.26.